The molecule has 0 amide bonds. The van der Waals surface area contributed by atoms with E-state index in [-0.39, 0.29) is 0 Å². The van der Waals surface area contributed by atoms with Gasteiger partial charge in [0.05, 0.1) is 4.92 Å². The number of nitro benzene ring substituents is 1. The van der Waals surface area contributed by atoms with Gasteiger partial charge < -0.3 is 4.57 Å². The second-order valence-electron chi connectivity index (χ2n) is 4.55. The molecule has 0 fully saturated rings. The molecular weight excluding hydrogens is 259 g/mol. The van der Waals surface area contributed by atoms with Crippen LogP contribution in [0.4, 0.5) is 10.1 Å². The summed E-state index contributed by atoms with van der Waals surface area (Å²) in [5, 5.41) is 11.7. The maximum atomic E-state index is 13.6. The molecule has 3 aromatic rings. The average Bonchev–Trinajstić information content (AvgIpc) is 2.82. The topological polar surface area (TPSA) is 48.1 Å². The zero-order valence-electron chi connectivity index (χ0n) is 10.5. The second-order valence-corrected chi connectivity index (χ2v) is 4.55. The zero-order chi connectivity index (χ0) is 14.1. The number of benzene rings is 2. The minimum atomic E-state index is -0.802. The van der Waals surface area contributed by atoms with Crippen molar-refractivity contribution in [1.29, 1.82) is 0 Å². The van der Waals surface area contributed by atoms with E-state index in [0.717, 1.165) is 10.9 Å². The van der Waals surface area contributed by atoms with Gasteiger partial charge in [0.15, 0.2) is 0 Å². The van der Waals surface area contributed by atoms with E-state index >= 15 is 0 Å². The summed E-state index contributed by atoms with van der Waals surface area (Å²) in [5.41, 5.74) is 1.24. The van der Waals surface area contributed by atoms with E-state index in [9.17, 15) is 14.5 Å². The van der Waals surface area contributed by atoms with Gasteiger partial charge >= 0.3 is 5.69 Å². The summed E-state index contributed by atoms with van der Waals surface area (Å²) in [5.74, 6) is -0.802. The highest BCUT2D eigenvalue weighted by molar-refractivity contribution is 5.80. The predicted octanol–water partition coefficient (Wildman–Crippen LogP) is 3.74. The SMILES string of the molecule is O=[N+]([O-])c1ccc(Cn2ccc3ccccc32)cc1F. The Morgan fingerprint density at radius 1 is 1.15 bits per heavy atom. The first-order chi connectivity index (χ1) is 9.65. The van der Waals surface area contributed by atoms with Gasteiger partial charge in [0.25, 0.3) is 0 Å². The normalized spacial score (nSPS) is 10.8. The first kappa shape index (κ1) is 12.3. The first-order valence-electron chi connectivity index (χ1n) is 6.12. The van der Waals surface area contributed by atoms with Crippen LogP contribution in [0.3, 0.4) is 0 Å². The Hall–Kier alpha value is -2.69. The highest BCUT2D eigenvalue weighted by atomic mass is 19.1. The van der Waals surface area contributed by atoms with Crippen molar-refractivity contribution in [2.24, 2.45) is 0 Å². The van der Waals surface area contributed by atoms with Crippen molar-refractivity contribution < 1.29 is 9.31 Å². The molecule has 20 heavy (non-hydrogen) atoms. The van der Waals surface area contributed by atoms with Crippen molar-refractivity contribution in [3.63, 3.8) is 0 Å². The summed E-state index contributed by atoms with van der Waals surface area (Å²) in [6.07, 6.45) is 1.92. The lowest BCUT2D eigenvalue weighted by Gasteiger charge is -2.06. The first-order valence-corrected chi connectivity index (χ1v) is 6.12. The molecule has 0 bridgehead atoms. The van der Waals surface area contributed by atoms with E-state index in [4.69, 9.17) is 0 Å². The Bertz CT molecular complexity index is 795. The van der Waals surface area contributed by atoms with Crippen LogP contribution in [0.1, 0.15) is 5.56 Å². The minimum absolute atomic E-state index is 0.475. The molecule has 0 aliphatic rings. The van der Waals surface area contributed by atoms with Gasteiger partial charge in [-0.15, -0.1) is 0 Å². The van der Waals surface area contributed by atoms with Gasteiger partial charge in [-0.05, 0) is 29.1 Å². The molecule has 1 heterocycles. The number of aromatic nitrogens is 1. The van der Waals surface area contributed by atoms with Crippen molar-refractivity contribution in [1.82, 2.24) is 4.57 Å². The lowest BCUT2D eigenvalue weighted by atomic mass is 10.2. The molecule has 3 rings (SSSR count). The standard InChI is InChI=1S/C15H11FN2O2/c16-13-9-11(5-6-15(13)18(19)20)10-17-8-7-12-3-1-2-4-14(12)17/h1-9H,10H2. The monoisotopic (exact) mass is 270 g/mol. The average molecular weight is 270 g/mol. The third kappa shape index (κ3) is 2.14. The molecule has 0 unspecified atom stereocenters. The molecule has 0 saturated heterocycles. The van der Waals surface area contributed by atoms with Gasteiger partial charge in [-0.25, -0.2) is 0 Å². The molecule has 0 atom stereocenters. The van der Waals surface area contributed by atoms with Crippen LogP contribution < -0.4 is 0 Å². The van der Waals surface area contributed by atoms with Crippen LogP contribution in [-0.2, 0) is 6.54 Å². The van der Waals surface area contributed by atoms with Gasteiger partial charge in [-0.3, -0.25) is 10.1 Å². The summed E-state index contributed by atoms with van der Waals surface area (Å²) in [6.45, 7) is 0.475. The number of hydrogen-bond donors (Lipinski definition) is 0. The van der Waals surface area contributed by atoms with Crippen LogP contribution in [0.15, 0.2) is 54.7 Å². The van der Waals surface area contributed by atoms with E-state index in [1.54, 1.807) is 6.07 Å². The van der Waals surface area contributed by atoms with Crippen LogP contribution in [0.2, 0.25) is 0 Å². The number of fused-ring (bicyclic) bond motifs is 1. The molecular formula is C15H11FN2O2. The van der Waals surface area contributed by atoms with E-state index in [1.807, 2.05) is 41.1 Å². The molecule has 0 spiro atoms. The van der Waals surface area contributed by atoms with Crippen molar-refractivity contribution in [3.8, 4) is 0 Å². The maximum absolute atomic E-state index is 13.6. The molecule has 0 aliphatic carbocycles. The highest BCUT2D eigenvalue weighted by Gasteiger charge is 2.14. The van der Waals surface area contributed by atoms with Crippen LogP contribution in [0.5, 0.6) is 0 Å². The Kier molecular flexibility index (Phi) is 2.95. The lowest BCUT2D eigenvalue weighted by molar-refractivity contribution is -0.387. The number of nitrogens with zero attached hydrogens (tertiary/aromatic N) is 2. The Morgan fingerprint density at radius 3 is 2.70 bits per heavy atom. The van der Waals surface area contributed by atoms with Crippen LogP contribution >= 0.6 is 0 Å². The Balaban J connectivity index is 1.95. The second kappa shape index (κ2) is 4.77. The largest absolute Gasteiger partial charge is 0.343 e. The molecule has 4 nitrogen and oxygen atoms in total. The smallest absolute Gasteiger partial charge is 0.304 e. The van der Waals surface area contributed by atoms with E-state index in [0.29, 0.717) is 12.1 Å². The van der Waals surface area contributed by atoms with Crippen molar-refractivity contribution in [3.05, 3.63) is 76.2 Å². The third-order valence-electron chi connectivity index (χ3n) is 3.24. The summed E-state index contributed by atoms with van der Waals surface area (Å²) in [6, 6.07) is 13.9. The Labute approximate surface area is 114 Å². The van der Waals surface area contributed by atoms with Gasteiger partial charge in [0.1, 0.15) is 0 Å². The predicted molar refractivity (Wildman–Crippen MR) is 74.1 cm³/mol. The van der Waals surface area contributed by atoms with Crippen LogP contribution in [0, 0.1) is 15.9 Å². The number of hydrogen-bond acceptors (Lipinski definition) is 2. The zero-order valence-corrected chi connectivity index (χ0v) is 10.5. The van der Waals surface area contributed by atoms with E-state index < -0.39 is 16.4 Å². The molecule has 1 aromatic heterocycles. The molecule has 100 valence electrons. The molecule has 2 aromatic carbocycles. The highest BCUT2D eigenvalue weighted by Crippen LogP contribution is 2.21. The molecule has 5 heteroatoms. The van der Waals surface area contributed by atoms with Crippen LogP contribution in [0.25, 0.3) is 10.9 Å². The van der Waals surface area contributed by atoms with Gasteiger partial charge in [-0.2, -0.15) is 4.39 Å². The minimum Gasteiger partial charge on any atom is -0.343 e. The van der Waals surface area contributed by atoms with Gasteiger partial charge in [0, 0.05) is 24.3 Å². The fraction of sp³-hybridized carbons (Fsp3) is 0.0667. The van der Waals surface area contributed by atoms with E-state index in [1.165, 1.54) is 12.1 Å². The van der Waals surface area contributed by atoms with Crippen molar-refractivity contribution in [2.45, 2.75) is 6.54 Å². The fourth-order valence-electron chi connectivity index (χ4n) is 2.27. The van der Waals surface area contributed by atoms with Gasteiger partial charge in [-0.1, -0.05) is 24.3 Å². The number of para-hydroxylation sites is 1. The van der Waals surface area contributed by atoms with Crippen molar-refractivity contribution in [2.75, 3.05) is 0 Å². The summed E-state index contributed by atoms with van der Waals surface area (Å²) in [7, 11) is 0. The summed E-state index contributed by atoms with van der Waals surface area (Å²) < 4.78 is 15.6. The maximum Gasteiger partial charge on any atom is 0.304 e. The number of halogens is 1. The van der Waals surface area contributed by atoms with E-state index in [2.05, 4.69) is 0 Å². The summed E-state index contributed by atoms with van der Waals surface area (Å²) in [4.78, 5) is 9.87. The Morgan fingerprint density at radius 2 is 1.95 bits per heavy atom. The van der Waals surface area contributed by atoms with Crippen molar-refractivity contribution >= 4 is 16.6 Å². The number of nitro groups is 1. The molecule has 0 N–H and O–H groups in total. The molecule has 0 aliphatic heterocycles. The van der Waals surface area contributed by atoms with Crippen LogP contribution in [-0.4, -0.2) is 9.49 Å². The summed E-state index contributed by atoms with van der Waals surface area (Å²) >= 11 is 0. The molecule has 0 saturated carbocycles. The lowest BCUT2D eigenvalue weighted by Crippen LogP contribution is -2.00. The molecule has 0 radical (unpaired) electrons. The quantitative estimate of drug-likeness (QED) is 0.537. The third-order valence-corrected chi connectivity index (χ3v) is 3.24. The van der Waals surface area contributed by atoms with Gasteiger partial charge in [0.2, 0.25) is 5.82 Å². The number of rotatable bonds is 3. The fourth-order valence-corrected chi connectivity index (χ4v) is 2.27.